The van der Waals surface area contributed by atoms with Gasteiger partial charge < -0.3 is 15.2 Å². The van der Waals surface area contributed by atoms with E-state index in [4.69, 9.17) is 4.74 Å². The van der Waals surface area contributed by atoms with E-state index in [0.29, 0.717) is 13.2 Å². The van der Waals surface area contributed by atoms with Crippen LogP contribution in [0.1, 0.15) is 11.3 Å². The SMILES string of the molecule is COCCNCc1ccn(Cc2cccc(O)c2)n1. The van der Waals surface area contributed by atoms with Crippen molar-refractivity contribution in [3.63, 3.8) is 0 Å². The molecule has 0 fully saturated rings. The van der Waals surface area contributed by atoms with Crippen molar-refractivity contribution in [3.8, 4) is 5.75 Å². The molecule has 0 atom stereocenters. The molecule has 102 valence electrons. The maximum absolute atomic E-state index is 9.41. The van der Waals surface area contributed by atoms with Crippen LogP contribution in [0.2, 0.25) is 0 Å². The number of rotatable bonds is 7. The smallest absolute Gasteiger partial charge is 0.115 e. The molecule has 5 nitrogen and oxygen atoms in total. The Hall–Kier alpha value is -1.85. The lowest BCUT2D eigenvalue weighted by molar-refractivity contribution is 0.199. The number of nitrogens with one attached hydrogen (secondary N) is 1. The van der Waals surface area contributed by atoms with Gasteiger partial charge >= 0.3 is 0 Å². The van der Waals surface area contributed by atoms with Crippen LogP contribution in [0, 0.1) is 0 Å². The van der Waals surface area contributed by atoms with Crippen molar-refractivity contribution in [1.29, 1.82) is 0 Å². The average Bonchev–Trinajstić information content (AvgIpc) is 2.82. The zero-order chi connectivity index (χ0) is 13.5. The maximum Gasteiger partial charge on any atom is 0.115 e. The zero-order valence-corrected chi connectivity index (χ0v) is 11.0. The van der Waals surface area contributed by atoms with E-state index in [1.54, 1.807) is 19.2 Å². The summed E-state index contributed by atoms with van der Waals surface area (Å²) in [6, 6.07) is 9.21. The molecule has 1 heterocycles. The molecular formula is C14H19N3O2. The van der Waals surface area contributed by atoms with E-state index in [0.717, 1.165) is 24.3 Å². The fourth-order valence-corrected chi connectivity index (χ4v) is 1.82. The van der Waals surface area contributed by atoms with Crippen molar-refractivity contribution in [1.82, 2.24) is 15.1 Å². The van der Waals surface area contributed by atoms with Crippen LogP contribution in [0.25, 0.3) is 0 Å². The summed E-state index contributed by atoms with van der Waals surface area (Å²) in [4.78, 5) is 0. The molecule has 0 aliphatic carbocycles. The molecule has 2 N–H and O–H groups in total. The van der Waals surface area contributed by atoms with E-state index in [1.165, 1.54) is 0 Å². The van der Waals surface area contributed by atoms with Gasteiger partial charge in [0.25, 0.3) is 0 Å². The van der Waals surface area contributed by atoms with E-state index in [2.05, 4.69) is 10.4 Å². The Morgan fingerprint density at radius 2 is 2.26 bits per heavy atom. The minimum absolute atomic E-state index is 0.283. The number of hydrogen-bond acceptors (Lipinski definition) is 4. The summed E-state index contributed by atoms with van der Waals surface area (Å²) < 4.78 is 6.83. The van der Waals surface area contributed by atoms with Crippen molar-refractivity contribution in [2.45, 2.75) is 13.1 Å². The second-order valence-corrected chi connectivity index (χ2v) is 4.34. The molecule has 0 saturated carbocycles. The van der Waals surface area contributed by atoms with E-state index >= 15 is 0 Å². The van der Waals surface area contributed by atoms with Crippen LogP contribution >= 0.6 is 0 Å². The topological polar surface area (TPSA) is 59.3 Å². The number of methoxy groups -OCH3 is 1. The van der Waals surface area contributed by atoms with Crippen LogP contribution in [0.3, 0.4) is 0 Å². The molecule has 2 aromatic rings. The highest BCUT2D eigenvalue weighted by Crippen LogP contribution is 2.11. The minimum Gasteiger partial charge on any atom is -0.508 e. The Kier molecular flexibility index (Phi) is 4.94. The molecule has 19 heavy (non-hydrogen) atoms. The van der Waals surface area contributed by atoms with Gasteiger partial charge in [0.1, 0.15) is 5.75 Å². The van der Waals surface area contributed by atoms with Gasteiger partial charge in [0.05, 0.1) is 18.8 Å². The van der Waals surface area contributed by atoms with Crippen LogP contribution < -0.4 is 5.32 Å². The number of nitrogens with zero attached hydrogens (tertiary/aromatic N) is 2. The first-order valence-corrected chi connectivity index (χ1v) is 6.28. The van der Waals surface area contributed by atoms with Gasteiger partial charge in [0.2, 0.25) is 0 Å². The minimum atomic E-state index is 0.283. The van der Waals surface area contributed by atoms with E-state index in [1.807, 2.05) is 29.1 Å². The summed E-state index contributed by atoms with van der Waals surface area (Å²) in [6.45, 7) is 2.91. The van der Waals surface area contributed by atoms with Crippen molar-refractivity contribution in [2.24, 2.45) is 0 Å². The van der Waals surface area contributed by atoms with Crippen molar-refractivity contribution < 1.29 is 9.84 Å². The van der Waals surface area contributed by atoms with Gasteiger partial charge in [-0.05, 0) is 23.8 Å². The van der Waals surface area contributed by atoms with Gasteiger partial charge in [-0.25, -0.2) is 0 Å². The lowest BCUT2D eigenvalue weighted by Gasteiger charge is -2.03. The summed E-state index contributed by atoms with van der Waals surface area (Å²) in [6.07, 6.45) is 1.94. The molecule has 2 rings (SSSR count). The third-order valence-corrected chi connectivity index (χ3v) is 2.74. The van der Waals surface area contributed by atoms with Gasteiger partial charge in [0, 0.05) is 26.4 Å². The summed E-state index contributed by atoms with van der Waals surface area (Å²) in [7, 11) is 1.69. The highest BCUT2D eigenvalue weighted by atomic mass is 16.5. The molecule has 0 radical (unpaired) electrons. The normalized spacial score (nSPS) is 10.8. The summed E-state index contributed by atoms with van der Waals surface area (Å²) in [5.41, 5.74) is 2.03. The molecule has 0 spiro atoms. The fourth-order valence-electron chi connectivity index (χ4n) is 1.82. The van der Waals surface area contributed by atoms with Crippen LogP contribution in [-0.4, -0.2) is 35.1 Å². The van der Waals surface area contributed by atoms with Crippen molar-refractivity contribution in [2.75, 3.05) is 20.3 Å². The average molecular weight is 261 g/mol. The Morgan fingerprint density at radius 3 is 3.05 bits per heavy atom. The molecule has 0 aliphatic rings. The summed E-state index contributed by atoms with van der Waals surface area (Å²) in [5, 5.41) is 17.1. The molecule has 0 aliphatic heterocycles. The van der Waals surface area contributed by atoms with Gasteiger partial charge in [-0.1, -0.05) is 12.1 Å². The molecule has 0 saturated heterocycles. The van der Waals surface area contributed by atoms with Crippen LogP contribution in [-0.2, 0) is 17.8 Å². The van der Waals surface area contributed by atoms with Crippen molar-refractivity contribution >= 4 is 0 Å². The predicted octanol–water partition coefficient (Wildman–Crippen LogP) is 1.37. The van der Waals surface area contributed by atoms with Crippen molar-refractivity contribution in [3.05, 3.63) is 47.8 Å². The van der Waals surface area contributed by atoms with E-state index < -0.39 is 0 Å². The van der Waals surface area contributed by atoms with E-state index in [-0.39, 0.29) is 5.75 Å². The number of hydrogen-bond donors (Lipinski definition) is 2. The summed E-state index contributed by atoms with van der Waals surface area (Å²) in [5.74, 6) is 0.283. The maximum atomic E-state index is 9.41. The second kappa shape index (κ2) is 6.92. The third-order valence-electron chi connectivity index (χ3n) is 2.74. The lowest BCUT2D eigenvalue weighted by atomic mass is 10.2. The number of aromatic hydroxyl groups is 1. The Balaban J connectivity index is 1.87. The van der Waals surface area contributed by atoms with E-state index in [9.17, 15) is 5.11 Å². The number of phenols is 1. The highest BCUT2D eigenvalue weighted by molar-refractivity contribution is 5.27. The Labute approximate surface area is 112 Å². The first-order chi connectivity index (χ1) is 9.28. The van der Waals surface area contributed by atoms with Gasteiger partial charge in [0.15, 0.2) is 0 Å². The molecular weight excluding hydrogens is 242 g/mol. The summed E-state index contributed by atoms with van der Waals surface area (Å²) >= 11 is 0. The first-order valence-electron chi connectivity index (χ1n) is 6.28. The zero-order valence-electron chi connectivity index (χ0n) is 11.0. The van der Waals surface area contributed by atoms with Gasteiger partial charge in [-0.3, -0.25) is 4.68 Å². The van der Waals surface area contributed by atoms with Crippen LogP contribution in [0.4, 0.5) is 0 Å². The molecule has 5 heteroatoms. The lowest BCUT2D eigenvalue weighted by Crippen LogP contribution is -2.19. The first kappa shape index (κ1) is 13.6. The number of phenolic OH excluding ortho intramolecular Hbond substituents is 1. The van der Waals surface area contributed by atoms with Gasteiger partial charge in [-0.2, -0.15) is 5.10 Å². The Morgan fingerprint density at radius 1 is 1.37 bits per heavy atom. The molecule has 1 aromatic carbocycles. The molecule has 0 unspecified atom stereocenters. The quantitative estimate of drug-likeness (QED) is 0.739. The van der Waals surface area contributed by atoms with Crippen LogP contribution in [0.5, 0.6) is 5.75 Å². The largest absolute Gasteiger partial charge is 0.508 e. The Bertz CT molecular complexity index is 511. The standard InChI is InChI=1S/C14H19N3O2/c1-19-8-6-15-10-13-5-7-17(16-13)11-12-3-2-4-14(18)9-12/h2-5,7,9,15,18H,6,8,10-11H2,1H3. The molecule has 1 aromatic heterocycles. The van der Waals surface area contributed by atoms with Gasteiger partial charge in [-0.15, -0.1) is 0 Å². The molecule has 0 amide bonds. The molecule has 0 bridgehead atoms. The number of aromatic nitrogens is 2. The third kappa shape index (κ3) is 4.39. The fraction of sp³-hybridized carbons (Fsp3) is 0.357. The number of benzene rings is 1. The predicted molar refractivity (Wildman–Crippen MR) is 73.0 cm³/mol. The van der Waals surface area contributed by atoms with Crippen LogP contribution in [0.15, 0.2) is 36.5 Å². The number of ether oxygens (including phenoxy) is 1. The highest BCUT2D eigenvalue weighted by Gasteiger charge is 2.00. The monoisotopic (exact) mass is 261 g/mol. The second-order valence-electron chi connectivity index (χ2n) is 4.34.